The number of hydrogen-bond donors (Lipinski definition) is 1. The predicted molar refractivity (Wildman–Crippen MR) is 65.0 cm³/mol. The molecule has 5 heteroatoms. The summed E-state index contributed by atoms with van der Waals surface area (Å²) < 4.78 is 5.75. The number of rotatable bonds is 2. The maximum atomic E-state index is 9.24. The highest BCUT2D eigenvalue weighted by Crippen LogP contribution is 2.23. The second-order valence-electron chi connectivity index (χ2n) is 5.12. The Hall–Kier alpha value is -1.20. The third-order valence-corrected chi connectivity index (χ3v) is 2.74. The van der Waals surface area contributed by atoms with Crippen molar-refractivity contribution in [3.63, 3.8) is 0 Å². The first-order chi connectivity index (χ1) is 8.00. The quantitative estimate of drug-likeness (QED) is 0.823. The van der Waals surface area contributed by atoms with E-state index in [9.17, 15) is 5.11 Å². The average Bonchev–Trinajstić information content (AvgIpc) is 2.27. The van der Waals surface area contributed by atoms with Gasteiger partial charge in [0.1, 0.15) is 0 Å². The third kappa shape index (κ3) is 2.92. The van der Waals surface area contributed by atoms with E-state index >= 15 is 0 Å². The van der Waals surface area contributed by atoms with Crippen molar-refractivity contribution in [2.45, 2.75) is 32.5 Å². The maximum absolute atomic E-state index is 9.24. The van der Waals surface area contributed by atoms with Crippen LogP contribution in [0.15, 0.2) is 12.4 Å². The molecule has 2 rings (SSSR count). The maximum Gasteiger partial charge on any atom is 0.225 e. The van der Waals surface area contributed by atoms with Crippen LogP contribution in [0.5, 0.6) is 0 Å². The molecule has 1 aliphatic heterocycles. The first-order valence-electron chi connectivity index (χ1n) is 5.82. The van der Waals surface area contributed by atoms with Gasteiger partial charge >= 0.3 is 0 Å². The fraction of sp³-hybridized carbons (Fsp3) is 0.667. The van der Waals surface area contributed by atoms with Crippen LogP contribution in [-0.4, -0.2) is 46.5 Å². The van der Waals surface area contributed by atoms with Gasteiger partial charge in [-0.1, -0.05) is 0 Å². The lowest BCUT2D eigenvalue weighted by Gasteiger charge is -2.42. The van der Waals surface area contributed by atoms with Crippen molar-refractivity contribution in [1.29, 1.82) is 0 Å². The Balaban J connectivity index is 2.17. The van der Waals surface area contributed by atoms with Crippen molar-refractivity contribution in [2.75, 3.05) is 24.6 Å². The molecule has 1 fully saturated rings. The highest BCUT2D eigenvalue weighted by molar-refractivity contribution is 5.31. The molecule has 5 nitrogen and oxygen atoms in total. The van der Waals surface area contributed by atoms with Gasteiger partial charge in [-0.15, -0.1) is 0 Å². The summed E-state index contributed by atoms with van der Waals surface area (Å²) in [5.74, 6) is 0.699. The molecule has 0 aliphatic carbocycles. The lowest BCUT2D eigenvalue weighted by molar-refractivity contribution is -0.101. The van der Waals surface area contributed by atoms with Gasteiger partial charge in [0.15, 0.2) is 0 Å². The number of aliphatic hydroxyl groups is 1. The van der Waals surface area contributed by atoms with Crippen molar-refractivity contribution >= 4 is 5.95 Å². The summed E-state index contributed by atoms with van der Waals surface area (Å²) in [4.78, 5) is 10.7. The monoisotopic (exact) mass is 237 g/mol. The fourth-order valence-corrected chi connectivity index (χ4v) is 2.09. The topological polar surface area (TPSA) is 58.5 Å². The highest BCUT2D eigenvalue weighted by Gasteiger charge is 2.34. The lowest BCUT2D eigenvalue weighted by atomic mass is 10.1. The van der Waals surface area contributed by atoms with Crippen LogP contribution in [0.3, 0.4) is 0 Å². The van der Waals surface area contributed by atoms with Crippen LogP contribution in [0.1, 0.15) is 19.4 Å². The highest BCUT2D eigenvalue weighted by atomic mass is 16.5. The molecule has 0 bridgehead atoms. The molecule has 2 heterocycles. The molecule has 0 amide bonds. The number of nitrogens with zero attached hydrogens (tertiary/aromatic N) is 3. The molecule has 0 radical (unpaired) electrons. The Bertz CT molecular complexity index is 378. The fourth-order valence-electron chi connectivity index (χ4n) is 2.09. The number of ether oxygens (including phenoxy) is 1. The largest absolute Gasteiger partial charge is 0.394 e. The van der Waals surface area contributed by atoms with Crippen molar-refractivity contribution in [2.24, 2.45) is 0 Å². The molecule has 1 aliphatic rings. The average molecular weight is 237 g/mol. The minimum atomic E-state index is -0.292. The molecule has 0 aromatic carbocycles. The number of aliphatic hydroxyl groups excluding tert-OH is 1. The SMILES string of the molecule is Cc1cnc(N2CC(CO)OC(C)(C)C2)nc1. The van der Waals surface area contributed by atoms with E-state index in [0.29, 0.717) is 12.5 Å². The summed E-state index contributed by atoms with van der Waals surface area (Å²) in [5.41, 5.74) is 0.750. The molecule has 94 valence electrons. The summed E-state index contributed by atoms with van der Waals surface area (Å²) in [6.07, 6.45) is 3.43. The van der Waals surface area contributed by atoms with Crippen LogP contribution in [0.2, 0.25) is 0 Å². The summed E-state index contributed by atoms with van der Waals surface area (Å²) in [5, 5.41) is 9.24. The Labute approximate surface area is 101 Å². The molecule has 1 unspecified atom stereocenters. The Morgan fingerprint density at radius 2 is 2.12 bits per heavy atom. The molecule has 17 heavy (non-hydrogen) atoms. The number of anilines is 1. The Morgan fingerprint density at radius 1 is 1.47 bits per heavy atom. The van der Waals surface area contributed by atoms with E-state index in [-0.39, 0.29) is 18.3 Å². The zero-order valence-electron chi connectivity index (χ0n) is 10.6. The minimum Gasteiger partial charge on any atom is -0.394 e. The summed E-state index contributed by atoms with van der Waals surface area (Å²) in [7, 11) is 0. The van der Waals surface area contributed by atoms with E-state index in [1.54, 1.807) is 12.4 Å². The van der Waals surface area contributed by atoms with Gasteiger partial charge in [0.05, 0.1) is 18.3 Å². The van der Waals surface area contributed by atoms with E-state index < -0.39 is 0 Å². The van der Waals surface area contributed by atoms with Crippen LogP contribution in [0, 0.1) is 6.92 Å². The first-order valence-corrected chi connectivity index (χ1v) is 5.82. The van der Waals surface area contributed by atoms with Gasteiger partial charge in [0.2, 0.25) is 5.95 Å². The summed E-state index contributed by atoms with van der Waals surface area (Å²) in [6, 6.07) is 0. The molecule has 1 aromatic heterocycles. The molecular weight excluding hydrogens is 218 g/mol. The number of aromatic nitrogens is 2. The minimum absolute atomic E-state index is 0.0196. The van der Waals surface area contributed by atoms with Crippen molar-refractivity contribution in [1.82, 2.24) is 9.97 Å². The van der Waals surface area contributed by atoms with Crippen LogP contribution in [0.25, 0.3) is 0 Å². The summed E-state index contributed by atoms with van der Waals surface area (Å²) >= 11 is 0. The van der Waals surface area contributed by atoms with Gasteiger partial charge in [0.25, 0.3) is 0 Å². The Morgan fingerprint density at radius 3 is 2.71 bits per heavy atom. The Kier molecular flexibility index (Phi) is 3.31. The van der Waals surface area contributed by atoms with Gasteiger partial charge < -0.3 is 14.7 Å². The van der Waals surface area contributed by atoms with Crippen LogP contribution in [-0.2, 0) is 4.74 Å². The number of morpholine rings is 1. The predicted octanol–water partition coefficient (Wildman–Crippen LogP) is 0.761. The van der Waals surface area contributed by atoms with Gasteiger partial charge in [-0.25, -0.2) is 9.97 Å². The van der Waals surface area contributed by atoms with E-state index in [1.165, 1.54) is 0 Å². The molecule has 0 spiro atoms. The van der Waals surface area contributed by atoms with E-state index in [1.807, 2.05) is 20.8 Å². The van der Waals surface area contributed by atoms with Gasteiger partial charge in [-0.05, 0) is 26.3 Å². The zero-order chi connectivity index (χ0) is 12.5. The number of aryl methyl sites for hydroxylation is 1. The van der Waals surface area contributed by atoms with E-state index in [4.69, 9.17) is 4.74 Å². The van der Waals surface area contributed by atoms with Crippen molar-refractivity contribution < 1.29 is 9.84 Å². The molecule has 0 saturated carbocycles. The second kappa shape index (κ2) is 4.58. The third-order valence-electron chi connectivity index (χ3n) is 2.74. The smallest absolute Gasteiger partial charge is 0.225 e. The van der Waals surface area contributed by atoms with E-state index in [0.717, 1.165) is 12.1 Å². The molecule has 1 N–H and O–H groups in total. The number of hydrogen-bond acceptors (Lipinski definition) is 5. The van der Waals surface area contributed by atoms with Gasteiger partial charge in [-0.3, -0.25) is 0 Å². The molecule has 1 atom stereocenters. The van der Waals surface area contributed by atoms with E-state index in [2.05, 4.69) is 14.9 Å². The molecular formula is C12H19N3O2. The van der Waals surface area contributed by atoms with Crippen LogP contribution < -0.4 is 4.90 Å². The lowest BCUT2D eigenvalue weighted by Crippen LogP contribution is -2.54. The van der Waals surface area contributed by atoms with Crippen molar-refractivity contribution in [3.8, 4) is 0 Å². The summed E-state index contributed by atoms with van der Waals surface area (Å²) in [6.45, 7) is 7.36. The van der Waals surface area contributed by atoms with Crippen LogP contribution >= 0.6 is 0 Å². The second-order valence-corrected chi connectivity index (χ2v) is 5.12. The zero-order valence-corrected chi connectivity index (χ0v) is 10.6. The standard InChI is InChI=1S/C12H19N3O2/c1-9-4-13-11(14-5-9)15-6-10(7-16)17-12(2,3)8-15/h4-5,10,16H,6-8H2,1-3H3. The van der Waals surface area contributed by atoms with Gasteiger partial charge in [-0.2, -0.15) is 0 Å². The normalized spacial score (nSPS) is 23.8. The first kappa shape index (κ1) is 12.3. The van der Waals surface area contributed by atoms with Crippen molar-refractivity contribution in [3.05, 3.63) is 18.0 Å². The molecule has 1 saturated heterocycles. The molecule has 1 aromatic rings. The van der Waals surface area contributed by atoms with Gasteiger partial charge in [0, 0.05) is 25.5 Å². The van der Waals surface area contributed by atoms with Crippen LogP contribution in [0.4, 0.5) is 5.95 Å².